The first-order valence-electron chi connectivity index (χ1n) is 6.98. The Labute approximate surface area is 138 Å². The Kier molecular flexibility index (Phi) is 3.96. The van der Waals surface area contributed by atoms with Gasteiger partial charge in [-0.15, -0.1) is 0 Å². The van der Waals surface area contributed by atoms with Crippen LogP contribution in [0.2, 0.25) is 0 Å². The van der Waals surface area contributed by atoms with Gasteiger partial charge in [0.1, 0.15) is 0 Å². The van der Waals surface area contributed by atoms with Crippen LogP contribution in [0.15, 0.2) is 42.5 Å². The molecule has 24 heavy (non-hydrogen) atoms. The van der Waals surface area contributed by atoms with Gasteiger partial charge < -0.3 is 11.2 Å². The molecule has 3 rings (SSSR count). The van der Waals surface area contributed by atoms with Crippen molar-refractivity contribution in [1.29, 1.82) is 0 Å². The maximum Gasteiger partial charge on any atom is 0.229 e. The second-order valence-electron chi connectivity index (χ2n) is 5.26. The Hall–Kier alpha value is -2.91. The smallest absolute Gasteiger partial charge is 0.229 e. The lowest BCUT2D eigenvalue weighted by molar-refractivity contribution is 0.607. The van der Waals surface area contributed by atoms with Gasteiger partial charge in [-0.2, -0.15) is 4.98 Å². The van der Waals surface area contributed by atoms with Gasteiger partial charge in [0.25, 0.3) is 0 Å². The lowest BCUT2D eigenvalue weighted by Crippen LogP contribution is -2.11. The molecular weight excluding hydrogens is 328 g/mol. The van der Waals surface area contributed by atoms with Gasteiger partial charge in [0.2, 0.25) is 16.0 Å². The highest BCUT2D eigenvalue weighted by atomic mass is 32.2. The van der Waals surface area contributed by atoms with Gasteiger partial charge in [0.15, 0.2) is 5.82 Å². The highest BCUT2D eigenvalue weighted by Crippen LogP contribution is 2.29. The minimum absolute atomic E-state index is 0.127. The van der Waals surface area contributed by atoms with Gasteiger partial charge in [-0.3, -0.25) is 4.72 Å². The number of sulfonamides is 1. The molecule has 0 bridgehead atoms. The number of anilines is 3. The molecule has 0 saturated heterocycles. The fourth-order valence-electron chi connectivity index (χ4n) is 2.41. The summed E-state index contributed by atoms with van der Waals surface area (Å²) in [4.78, 5) is 8.22. The fraction of sp³-hybridized carbons (Fsp3) is 0.0667. The Morgan fingerprint density at radius 1 is 1.04 bits per heavy atom. The molecule has 9 heteroatoms. The summed E-state index contributed by atoms with van der Waals surface area (Å²) in [6, 6.07) is 12.6. The van der Waals surface area contributed by atoms with E-state index in [0.29, 0.717) is 22.4 Å². The zero-order valence-corrected chi connectivity index (χ0v) is 13.6. The minimum atomic E-state index is -3.34. The summed E-state index contributed by atoms with van der Waals surface area (Å²) in [5.41, 5.74) is 11.0. The van der Waals surface area contributed by atoms with E-state index >= 15 is 0 Å². The average molecular weight is 344 g/mol. The van der Waals surface area contributed by atoms with Crippen LogP contribution in [0.5, 0.6) is 0 Å². The van der Waals surface area contributed by atoms with E-state index < -0.39 is 10.0 Å². The zero-order chi connectivity index (χ0) is 17.3. The lowest BCUT2D eigenvalue weighted by atomic mass is 10.0. The Balaban J connectivity index is 2.10. The van der Waals surface area contributed by atoms with Gasteiger partial charge >= 0.3 is 0 Å². The third-order valence-corrected chi connectivity index (χ3v) is 3.96. The Morgan fingerprint density at radius 2 is 1.79 bits per heavy atom. The second kappa shape index (κ2) is 5.95. The van der Waals surface area contributed by atoms with Crippen molar-refractivity contribution in [3.63, 3.8) is 0 Å². The summed E-state index contributed by atoms with van der Waals surface area (Å²) in [7, 11) is -3.34. The van der Waals surface area contributed by atoms with Crippen molar-refractivity contribution < 1.29 is 8.42 Å². The number of nitrogens with one attached hydrogen (secondary N) is 2. The number of nitrogens with zero attached hydrogens (tertiary/aromatic N) is 2. The Bertz CT molecular complexity index is 1020. The van der Waals surface area contributed by atoms with Crippen molar-refractivity contribution in [2.45, 2.75) is 0 Å². The molecule has 0 amide bonds. The van der Waals surface area contributed by atoms with Crippen LogP contribution in [-0.4, -0.2) is 24.6 Å². The van der Waals surface area contributed by atoms with E-state index in [0.717, 1.165) is 17.4 Å². The highest BCUT2D eigenvalue weighted by molar-refractivity contribution is 7.92. The zero-order valence-electron chi connectivity index (χ0n) is 12.8. The topological polar surface area (TPSA) is 136 Å². The molecule has 0 atom stereocenters. The maximum atomic E-state index is 11.4. The molecule has 0 radical (unpaired) electrons. The van der Waals surface area contributed by atoms with Crippen LogP contribution in [0.3, 0.4) is 0 Å². The van der Waals surface area contributed by atoms with Crippen LogP contribution >= 0.6 is 0 Å². The molecule has 0 aliphatic rings. The monoisotopic (exact) mass is 344 g/mol. The quantitative estimate of drug-likeness (QED) is 0.416. The van der Waals surface area contributed by atoms with Gasteiger partial charge in [-0.25, -0.2) is 19.2 Å². The molecule has 1 heterocycles. The van der Waals surface area contributed by atoms with E-state index in [2.05, 4.69) is 20.1 Å². The van der Waals surface area contributed by atoms with Crippen LogP contribution in [0.1, 0.15) is 0 Å². The van der Waals surface area contributed by atoms with Gasteiger partial charge in [0, 0.05) is 11.1 Å². The first-order valence-corrected chi connectivity index (χ1v) is 8.87. The molecule has 1 aromatic heterocycles. The number of hydrogen-bond acceptors (Lipinski definition) is 7. The van der Waals surface area contributed by atoms with Gasteiger partial charge in [-0.1, -0.05) is 18.2 Å². The van der Waals surface area contributed by atoms with E-state index in [9.17, 15) is 8.42 Å². The predicted octanol–water partition coefficient (Wildman–Crippen LogP) is 1.54. The molecule has 3 aromatic rings. The predicted molar refractivity (Wildman–Crippen MR) is 95.7 cm³/mol. The molecule has 8 nitrogen and oxygen atoms in total. The van der Waals surface area contributed by atoms with E-state index in [4.69, 9.17) is 11.6 Å². The third kappa shape index (κ3) is 3.36. The summed E-state index contributed by atoms with van der Waals surface area (Å²) in [5, 5.41) is 0.714. The van der Waals surface area contributed by atoms with Crippen molar-refractivity contribution in [2.75, 3.05) is 22.1 Å². The van der Waals surface area contributed by atoms with Crippen molar-refractivity contribution in [1.82, 2.24) is 9.97 Å². The number of nitrogen functional groups attached to an aromatic ring is 2. The van der Waals surface area contributed by atoms with Crippen LogP contribution < -0.4 is 21.7 Å². The molecule has 0 saturated carbocycles. The lowest BCUT2D eigenvalue weighted by Gasteiger charge is -2.10. The van der Waals surface area contributed by atoms with Crippen LogP contribution in [0, 0.1) is 0 Å². The van der Waals surface area contributed by atoms with E-state index in [1.165, 1.54) is 0 Å². The van der Waals surface area contributed by atoms with Crippen LogP contribution in [0.4, 0.5) is 17.5 Å². The highest BCUT2D eigenvalue weighted by Gasteiger charge is 2.08. The van der Waals surface area contributed by atoms with E-state index in [1.807, 2.05) is 18.2 Å². The van der Waals surface area contributed by atoms with Gasteiger partial charge in [0.05, 0.1) is 11.8 Å². The number of nitrogens with two attached hydrogens (primary N) is 2. The number of benzene rings is 2. The number of rotatable bonds is 4. The largest absolute Gasteiger partial charge is 0.368 e. The normalized spacial score (nSPS) is 11.4. The van der Waals surface area contributed by atoms with E-state index in [-0.39, 0.29) is 5.95 Å². The second-order valence-corrected chi connectivity index (χ2v) is 7.01. The fourth-order valence-corrected chi connectivity index (χ4v) is 2.97. The molecule has 0 fully saturated rings. The first-order chi connectivity index (χ1) is 11.4. The maximum absolute atomic E-state index is 11.4. The molecular formula is C15H16N6O2S. The third-order valence-electron chi connectivity index (χ3n) is 3.35. The number of hydrogen-bond donors (Lipinski definition) is 4. The molecule has 0 aliphatic carbocycles. The number of hydrazine groups is 1. The summed E-state index contributed by atoms with van der Waals surface area (Å²) in [6.45, 7) is 0. The molecule has 2 aromatic carbocycles. The summed E-state index contributed by atoms with van der Waals surface area (Å²) < 4.78 is 25.2. The molecule has 0 aliphatic heterocycles. The van der Waals surface area contributed by atoms with Crippen molar-refractivity contribution >= 4 is 38.4 Å². The van der Waals surface area contributed by atoms with Crippen molar-refractivity contribution in [3.05, 3.63) is 42.5 Å². The number of fused-ring (bicyclic) bond motifs is 1. The summed E-state index contributed by atoms with van der Waals surface area (Å²) in [5.74, 6) is 6.04. The SMILES string of the molecule is CS(=O)(=O)Nc1cccc(-c2ccc3nc(N)nc(NN)c3c2)c1. The summed E-state index contributed by atoms with van der Waals surface area (Å²) in [6.07, 6.45) is 1.11. The standard InChI is InChI=1S/C15H16N6O2S/c1-24(22,23)21-11-4-2-3-9(7-11)10-5-6-13-12(8-10)14(20-17)19-15(16)18-13/h2-8,21H,17H2,1H3,(H3,16,18,19,20). The number of aromatic nitrogens is 2. The Morgan fingerprint density at radius 3 is 2.50 bits per heavy atom. The average Bonchev–Trinajstić information content (AvgIpc) is 2.52. The molecule has 124 valence electrons. The van der Waals surface area contributed by atoms with Crippen molar-refractivity contribution in [3.8, 4) is 11.1 Å². The summed E-state index contributed by atoms with van der Waals surface area (Å²) >= 11 is 0. The van der Waals surface area contributed by atoms with Gasteiger partial charge in [-0.05, 0) is 35.4 Å². The first kappa shape index (κ1) is 16.0. The minimum Gasteiger partial charge on any atom is -0.368 e. The van der Waals surface area contributed by atoms with E-state index in [1.54, 1.807) is 24.3 Å². The molecule has 6 N–H and O–H groups in total. The van der Waals surface area contributed by atoms with Crippen molar-refractivity contribution in [2.24, 2.45) is 5.84 Å². The van der Waals surface area contributed by atoms with Crippen LogP contribution in [0.25, 0.3) is 22.0 Å². The van der Waals surface area contributed by atoms with Crippen LogP contribution in [-0.2, 0) is 10.0 Å². The molecule has 0 unspecified atom stereocenters. The molecule has 0 spiro atoms.